The number of methoxy groups -OCH3 is 1. The van der Waals surface area contributed by atoms with Gasteiger partial charge in [-0.25, -0.2) is 0 Å². The number of benzene rings is 1. The van der Waals surface area contributed by atoms with Gasteiger partial charge in [0.1, 0.15) is 5.75 Å². The maximum Gasteiger partial charge on any atom is 0.226 e. The fourth-order valence-corrected chi connectivity index (χ4v) is 3.81. The van der Waals surface area contributed by atoms with Crippen LogP contribution in [-0.2, 0) is 4.79 Å². The van der Waals surface area contributed by atoms with E-state index < -0.39 is 0 Å². The molecule has 3 heteroatoms. The highest BCUT2D eigenvalue weighted by Gasteiger charge is 2.34. The Morgan fingerprint density at radius 2 is 1.95 bits per heavy atom. The molecule has 0 N–H and O–H groups in total. The van der Waals surface area contributed by atoms with Gasteiger partial charge in [-0.3, -0.25) is 4.79 Å². The molecule has 2 fully saturated rings. The van der Waals surface area contributed by atoms with Crippen molar-refractivity contribution in [2.45, 2.75) is 51.0 Å². The van der Waals surface area contributed by atoms with Crippen LogP contribution in [0.5, 0.6) is 5.75 Å². The van der Waals surface area contributed by atoms with E-state index in [1.165, 1.54) is 24.8 Å². The SMILES string of the molecule is COc1cccc(C2CCCN2C(=O)C2CCCCC2)c1. The molecule has 1 heterocycles. The minimum absolute atomic E-state index is 0.245. The van der Waals surface area contributed by atoms with Crippen LogP contribution < -0.4 is 4.74 Å². The summed E-state index contributed by atoms with van der Waals surface area (Å²) in [6.07, 6.45) is 8.08. The van der Waals surface area contributed by atoms with Gasteiger partial charge >= 0.3 is 0 Å². The Balaban J connectivity index is 1.76. The van der Waals surface area contributed by atoms with Crippen LogP contribution in [0.15, 0.2) is 24.3 Å². The van der Waals surface area contributed by atoms with Gasteiger partial charge < -0.3 is 9.64 Å². The van der Waals surface area contributed by atoms with Crippen molar-refractivity contribution in [2.24, 2.45) is 5.92 Å². The largest absolute Gasteiger partial charge is 0.497 e. The van der Waals surface area contributed by atoms with Gasteiger partial charge in [0.2, 0.25) is 5.91 Å². The molecule has 0 radical (unpaired) electrons. The lowest BCUT2D eigenvalue weighted by Gasteiger charge is -2.31. The third kappa shape index (κ3) is 3.07. The first-order valence-corrected chi connectivity index (χ1v) is 8.24. The molecule has 1 saturated carbocycles. The number of likely N-dealkylation sites (tertiary alicyclic amines) is 1. The van der Waals surface area contributed by atoms with Gasteiger partial charge in [-0.1, -0.05) is 31.4 Å². The van der Waals surface area contributed by atoms with Gasteiger partial charge in [0.25, 0.3) is 0 Å². The number of nitrogens with zero attached hydrogens (tertiary/aromatic N) is 1. The molecule has 1 aromatic carbocycles. The minimum atomic E-state index is 0.245. The van der Waals surface area contributed by atoms with Gasteiger partial charge in [0, 0.05) is 12.5 Å². The Bertz CT molecular complexity index is 494. The highest BCUT2D eigenvalue weighted by atomic mass is 16.5. The molecule has 1 atom stereocenters. The van der Waals surface area contributed by atoms with Crippen molar-refractivity contribution >= 4 is 5.91 Å². The highest BCUT2D eigenvalue weighted by Crippen LogP contribution is 2.36. The monoisotopic (exact) mass is 287 g/mol. The molecule has 1 aliphatic carbocycles. The van der Waals surface area contributed by atoms with Crippen molar-refractivity contribution in [3.8, 4) is 5.75 Å². The summed E-state index contributed by atoms with van der Waals surface area (Å²) in [6.45, 7) is 0.914. The van der Waals surface area contributed by atoms with Gasteiger partial charge in [-0.05, 0) is 43.4 Å². The van der Waals surface area contributed by atoms with E-state index in [1.807, 2.05) is 12.1 Å². The van der Waals surface area contributed by atoms with Gasteiger partial charge in [0.05, 0.1) is 13.2 Å². The topological polar surface area (TPSA) is 29.5 Å². The number of rotatable bonds is 3. The van der Waals surface area contributed by atoms with Crippen LogP contribution in [0.25, 0.3) is 0 Å². The van der Waals surface area contributed by atoms with E-state index in [-0.39, 0.29) is 12.0 Å². The van der Waals surface area contributed by atoms with Crippen molar-refractivity contribution in [1.82, 2.24) is 4.90 Å². The van der Waals surface area contributed by atoms with E-state index in [2.05, 4.69) is 17.0 Å². The minimum Gasteiger partial charge on any atom is -0.497 e. The van der Waals surface area contributed by atoms with Crippen LogP contribution in [0.3, 0.4) is 0 Å². The second kappa shape index (κ2) is 6.50. The number of ether oxygens (including phenoxy) is 1. The van der Waals surface area contributed by atoms with Crippen molar-refractivity contribution in [3.05, 3.63) is 29.8 Å². The molecule has 3 rings (SSSR count). The van der Waals surface area contributed by atoms with Crippen LogP contribution in [0.2, 0.25) is 0 Å². The summed E-state index contributed by atoms with van der Waals surface area (Å²) in [5.74, 6) is 1.54. The third-order valence-corrected chi connectivity index (χ3v) is 4.97. The van der Waals surface area contributed by atoms with Crippen LogP contribution >= 0.6 is 0 Å². The average molecular weight is 287 g/mol. The van der Waals surface area contributed by atoms with Crippen molar-refractivity contribution in [3.63, 3.8) is 0 Å². The van der Waals surface area contributed by atoms with E-state index in [4.69, 9.17) is 4.74 Å². The third-order valence-electron chi connectivity index (χ3n) is 4.97. The van der Waals surface area contributed by atoms with Crippen molar-refractivity contribution < 1.29 is 9.53 Å². The van der Waals surface area contributed by atoms with E-state index in [0.717, 1.165) is 38.0 Å². The summed E-state index contributed by atoms with van der Waals surface area (Å²) in [7, 11) is 1.69. The average Bonchev–Trinajstić information content (AvgIpc) is 3.04. The first-order valence-electron chi connectivity index (χ1n) is 8.24. The second-order valence-corrected chi connectivity index (χ2v) is 6.30. The van der Waals surface area contributed by atoms with Gasteiger partial charge in [-0.15, -0.1) is 0 Å². The lowest BCUT2D eigenvalue weighted by molar-refractivity contribution is -0.137. The molecular weight excluding hydrogens is 262 g/mol. The molecule has 1 aromatic rings. The number of carbonyl (C=O) groups is 1. The first-order chi connectivity index (χ1) is 10.3. The van der Waals surface area contributed by atoms with E-state index in [9.17, 15) is 4.79 Å². The standard InChI is InChI=1S/C18H25NO2/c1-21-16-10-5-9-15(13-16)17-11-6-12-19(17)18(20)14-7-3-2-4-8-14/h5,9-10,13-14,17H,2-4,6-8,11-12H2,1H3. The lowest BCUT2D eigenvalue weighted by Crippen LogP contribution is -2.36. The lowest BCUT2D eigenvalue weighted by atomic mass is 9.88. The fourth-order valence-electron chi connectivity index (χ4n) is 3.81. The molecular formula is C18H25NO2. The predicted molar refractivity (Wildman–Crippen MR) is 83.3 cm³/mol. The van der Waals surface area contributed by atoms with Gasteiger partial charge in [0.15, 0.2) is 0 Å². The number of amides is 1. The molecule has 0 aromatic heterocycles. The Morgan fingerprint density at radius 3 is 2.71 bits per heavy atom. The quantitative estimate of drug-likeness (QED) is 0.842. The second-order valence-electron chi connectivity index (χ2n) is 6.30. The summed E-state index contributed by atoms with van der Waals surface area (Å²) in [5, 5.41) is 0. The Labute approximate surface area is 127 Å². The van der Waals surface area contributed by atoms with Crippen LogP contribution in [0.1, 0.15) is 56.6 Å². The summed E-state index contributed by atoms with van der Waals surface area (Å²) in [4.78, 5) is 15.0. The van der Waals surface area contributed by atoms with E-state index >= 15 is 0 Å². The Kier molecular flexibility index (Phi) is 4.47. The predicted octanol–water partition coefficient (Wildman–Crippen LogP) is 3.94. The first kappa shape index (κ1) is 14.4. The summed E-state index contributed by atoms with van der Waals surface area (Å²) < 4.78 is 5.32. The van der Waals surface area contributed by atoms with E-state index in [1.54, 1.807) is 7.11 Å². The van der Waals surface area contributed by atoms with Gasteiger partial charge in [-0.2, -0.15) is 0 Å². The zero-order valence-corrected chi connectivity index (χ0v) is 12.9. The summed E-state index contributed by atoms with van der Waals surface area (Å²) in [6, 6.07) is 8.44. The maximum absolute atomic E-state index is 12.8. The molecule has 21 heavy (non-hydrogen) atoms. The Hall–Kier alpha value is -1.51. The summed E-state index contributed by atoms with van der Waals surface area (Å²) in [5.41, 5.74) is 1.22. The van der Waals surface area contributed by atoms with E-state index in [0.29, 0.717) is 5.91 Å². The van der Waals surface area contributed by atoms with Crippen LogP contribution in [0, 0.1) is 5.92 Å². The normalized spacial score (nSPS) is 23.3. The molecule has 1 saturated heterocycles. The molecule has 114 valence electrons. The smallest absolute Gasteiger partial charge is 0.226 e. The molecule has 1 amide bonds. The summed E-state index contributed by atoms with van der Waals surface area (Å²) >= 11 is 0. The fraction of sp³-hybridized carbons (Fsp3) is 0.611. The molecule has 2 aliphatic rings. The van der Waals surface area contributed by atoms with Crippen molar-refractivity contribution in [2.75, 3.05) is 13.7 Å². The maximum atomic E-state index is 12.8. The molecule has 3 nitrogen and oxygen atoms in total. The number of hydrogen-bond donors (Lipinski definition) is 0. The van der Waals surface area contributed by atoms with Crippen LogP contribution in [0.4, 0.5) is 0 Å². The highest BCUT2D eigenvalue weighted by molar-refractivity contribution is 5.79. The number of carbonyl (C=O) groups excluding carboxylic acids is 1. The molecule has 0 bridgehead atoms. The molecule has 0 spiro atoms. The van der Waals surface area contributed by atoms with Crippen molar-refractivity contribution in [1.29, 1.82) is 0 Å². The van der Waals surface area contributed by atoms with Crippen LogP contribution in [-0.4, -0.2) is 24.5 Å². The zero-order chi connectivity index (χ0) is 14.7. The molecule has 1 unspecified atom stereocenters. The Morgan fingerprint density at radius 1 is 1.14 bits per heavy atom. The number of hydrogen-bond acceptors (Lipinski definition) is 2. The molecule has 1 aliphatic heterocycles. The zero-order valence-electron chi connectivity index (χ0n) is 12.9.